The van der Waals surface area contributed by atoms with Crippen molar-refractivity contribution in [2.45, 2.75) is 38.8 Å². The van der Waals surface area contributed by atoms with Gasteiger partial charge in [0.1, 0.15) is 0 Å². The normalized spacial score (nSPS) is 17.2. The summed E-state index contributed by atoms with van der Waals surface area (Å²) in [6, 6.07) is 4.35. The summed E-state index contributed by atoms with van der Waals surface area (Å²) in [7, 11) is 0. The van der Waals surface area contributed by atoms with Crippen LogP contribution < -0.4 is 0 Å². The number of likely N-dealkylation sites (tertiary alicyclic amines) is 1. The summed E-state index contributed by atoms with van der Waals surface area (Å²) in [5.74, 6) is 0.523. The third-order valence-electron chi connectivity index (χ3n) is 4.85. The molecule has 7 nitrogen and oxygen atoms in total. The first-order chi connectivity index (χ1) is 12.1. The molecular weight excluding hydrogens is 376 g/mol. The van der Waals surface area contributed by atoms with Gasteiger partial charge in [-0.15, -0.1) is 23.7 Å². The lowest BCUT2D eigenvalue weighted by Crippen LogP contribution is -2.47. The highest BCUT2D eigenvalue weighted by atomic mass is 35.5. The van der Waals surface area contributed by atoms with E-state index in [1.54, 1.807) is 11.3 Å². The maximum absolute atomic E-state index is 11.0. The molecule has 0 spiro atoms. The molecule has 0 amide bonds. The van der Waals surface area contributed by atoms with Crippen LogP contribution in [0.1, 0.15) is 38.6 Å². The standard InChI is InChI=1S/C17H24N4O3S.ClH/c1-3-20(11-15(22)23)13-6-8-21(9-7-13)12(2)17-18-16(19-24-17)14-5-4-10-25-14;/h4-5,10,12-13H,3,6-9,11H2,1-2H3,(H,22,23);1H. The van der Waals surface area contributed by atoms with E-state index in [0.717, 1.165) is 37.4 Å². The molecule has 0 aliphatic carbocycles. The molecular formula is C17H25ClN4O3S. The molecule has 1 atom stereocenters. The van der Waals surface area contributed by atoms with E-state index in [9.17, 15) is 4.79 Å². The number of likely N-dealkylation sites (N-methyl/N-ethyl adjacent to an activating group) is 1. The number of thiophene rings is 1. The highest BCUT2D eigenvalue weighted by Gasteiger charge is 2.29. The minimum Gasteiger partial charge on any atom is -0.480 e. The minimum absolute atomic E-state index is 0. The van der Waals surface area contributed by atoms with Crippen LogP contribution in [0.15, 0.2) is 22.0 Å². The van der Waals surface area contributed by atoms with Crippen LogP contribution >= 0.6 is 23.7 Å². The molecule has 1 unspecified atom stereocenters. The topological polar surface area (TPSA) is 82.7 Å². The first-order valence-electron chi connectivity index (χ1n) is 8.65. The first kappa shape index (κ1) is 20.8. The molecule has 2 aromatic heterocycles. The van der Waals surface area contributed by atoms with E-state index in [0.29, 0.717) is 17.8 Å². The molecule has 3 heterocycles. The van der Waals surface area contributed by atoms with Crippen LogP contribution in [0.25, 0.3) is 10.7 Å². The number of nitrogens with zero attached hydrogens (tertiary/aromatic N) is 4. The molecule has 26 heavy (non-hydrogen) atoms. The summed E-state index contributed by atoms with van der Waals surface area (Å²) < 4.78 is 5.47. The third kappa shape index (κ3) is 4.82. The molecule has 0 saturated carbocycles. The Bertz CT molecular complexity index is 686. The number of carboxylic acids is 1. The van der Waals surface area contributed by atoms with Crippen molar-refractivity contribution in [2.75, 3.05) is 26.2 Å². The van der Waals surface area contributed by atoms with Gasteiger partial charge in [0.05, 0.1) is 17.5 Å². The van der Waals surface area contributed by atoms with Crippen molar-refractivity contribution >= 4 is 29.7 Å². The average Bonchev–Trinajstić information content (AvgIpc) is 3.30. The Morgan fingerprint density at radius 1 is 1.50 bits per heavy atom. The summed E-state index contributed by atoms with van der Waals surface area (Å²) >= 11 is 1.60. The van der Waals surface area contributed by atoms with Crippen molar-refractivity contribution in [1.29, 1.82) is 0 Å². The zero-order valence-corrected chi connectivity index (χ0v) is 16.6. The zero-order chi connectivity index (χ0) is 17.8. The lowest BCUT2D eigenvalue weighted by atomic mass is 10.0. The molecule has 144 valence electrons. The molecule has 1 fully saturated rings. The molecule has 3 rings (SSSR count). The number of aliphatic carboxylic acids is 1. The van der Waals surface area contributed by atoms with Gasteiger partial charge < -0.3 is 9.63 Å². The number of hydrogen-bond acceptors (Lipinski definition) is 7. The largest absolute Gasteiger partial charge is 0.480 e. The van der Waals surface area contributed by atoms with E-state index in [1.165, 1.54) is 0 Å². The fraction of sp³-hybridized carbons (Fsp3) is 0.588. The van der Waals surface area contributed by atoms with Crippen LogP contribution in [0, 0.1) is 0 Å². The van der Waals surface area contributed by atoms with Crippen LogP contribution in [0.2, 0.25) is 0 Å². The van der Waals surface area contributed by atoms with Gasteiger partial charge in [-0.25, -0.2) is 0 Å². The Balaban J connectivity index is 0.00000243. The molecule has 0 aromatic carbocycles. The number of piperidine rings is 1. The van der Waals surface area contributed by atoms with Crippen molar-refractivity contribution in [3.8, 4) is 10.7 Å². The Morgan fingerprint density at radius 3 is 2.81 bits per heavy atom. The summed E-state index contributed by atoms with van der Waals surface area (Å²) in [5.41, 5.74) is 0. The fourth-order valence-electron chi connectivity index (χ4n) is 3.38. The Morgan fingerprint density at radius 2 is 2.23 bits per heavy atom. The maximum Gasteiger partial charge on any atom is 0.317 e. The van der Waals surface area contributed by atoms with E-state index < -0.39 is 5.97 Å². The Labute approximate surface area is 163 Å². The highest BCUT2D eigenvalue weighted by molar-refractivity contribution is 7.13. The number of halogens is 1. The predicted molar refractivity (Wildman–Crippen MR) is 103 cm³/mol. The maximum atomic E-state index is 11.0. The zero-order valence-electron chi connectivity index (χ0n) is 15.0. The second kappa shape index (κ2) is 9.45. The van der Waals surface area contributed by atoms with Crippen molar-refractivity contribution in [2.24, 2.45) is 0 Å². The van der Waals surface area contributed by atoms with E-state index in [4.69, 9.17) is 9.63 Å². The summed E-state index contributed by atoms with van der Waals surface area (Å²) in [4.78, 5) is 20.9. The summed E-state index contributed by atoms with van der Waals surface area (Å²) in [6.45, 7) is 6.78. The number of carboxylic acid groups (broad SMARTS) is 1. The number of aromatic nitrogens is 2. The molecule has 0 radical (unpaired) electrons. The SMILES string of the molecule is CCN(CC(=O)O)C1CCN(C(C)c2nc(-c3cccs3)no2)CC1.Cl. The van der Waals surface area contributed by atoms with Crippen molar-refractivity contribution in [1.82, 2.24) is 19.9 Å². The first-order valence-corrected chi connectivity index (χ1v) is 9.53. The molecule has 1 aliphatic heterocycles. The van der Waals surface area contributed by atoms with Crippen molar-refractivity contribution in [3.63, 3.8) is 0 Å². The average molecular weight is 401 g/mol. The molecule has 9 heteroatoms. The van der Waals surface area contributed by atoms with Gasteiger partial charge in [-0.3, -0.25) is 14.6 Å². The summed E-state index contributed by atoms with van der Waals surface area (Å²) in [6.07, 6.45) is 1.91. The van der Waals surface area contributed by atoms with Gasteiger partial charge in [0.15, 0.2) is 0 Å². The smallest absolute Gasteiger partial charge is 0.317 e. The number of rotatable bonds is 7. The lowest BCUT2D eigenvalue weighted by molar-refractivity contribution is -0.139. The monoisotopic (exact) mass is 400 g/mol. The number of carbonyl (C=O) groups is 1. The molecule has 2 aromatic rings. The van der Waals surface area contributed by atoms with Crippen LogP contribution in [-0.4, -0.2) is 63.2 Å². The molecule has 0 bridgehead atoms. The van der Waals surface area contributed by atoms with Crippen LogP contribution in [0.4, 0.5) is 0 Å². The second-order valence-corrected chi connectivity index (χ2v) is 7.28. The molecule has 1 saturated heterocycles. The van der Waals surface area contributed by atoms with E-state index in [1.807, 2.05) is 29.3 Å². The Kier molecular flexibility index (Phi) is 7.57. The van der Waals surface area contributed by atoms with Gasteiger partial charge in [-0.2, -0.15) is 4.98 Å². The number of hydrogen-bond donors (Lipinski definition) is 1. The second-order valence-electron chi connectivity index (χ2n) is 6.33. The van der Waals surface area contributed by atoms with Gasteiger partial charge in [0, 0.05) is 19.1 Å². The van der Waals surface area contributed by atoms with E-state index >= 15 is 0 Å². The van der Waals surface area contributed by atoms with Gasteiger partial charge in [-0.05, 0) is 37.8 Å². The molecule has 1 N–H and O–H groups in total. The van der Waals surface area contributed by atoms with E-state index in [2.05, 4.69) is 22.0 Å². The molecule has 1 aliphatic rings. The van der Waals surface area contributed by atoms with Gasteiger partial charge in [-0.1, -0.05) is 18.1 Å². The lowest BCUT2D eigenvalue weighted by Gasteiger charge is -2.39. The quantitative estimate of drug-likeness (QED) is 0.764. The predicted octanol–water partition coefficient (Wildman–Crippen LogP) is 3.15. The van der Waals surface area contributed by atoms with Crippen molar-refractivity contribution in [3.05, 3.63) is 23.4 Å². The van der Waals surface area contributed by atoms with Gasteiger partial charge in [0.25, 0.3) is 0 Å². The van der Waals surface area contributed by atoms with Crippen LogP contribution in [-0.2, 0) is 4.79 Å². The van der Waals surface area contributed by atoms with Crippen LogP contribution in [0.5, 0.6) is 0 Å². The van der Waals surface area contributed by atoms with E-state index in [-0.39, 0.29) is 25.0 Å². The van der Waals surface area contributed by atoms with Gasteiger partial charge in [0.2, 0.25) is 11.7 Å². The summed E-state index contributed by atoms with van der Waals surface area (Å²) in [5, 5.41) is 15.1. The Hall–Kier alpha value is -1.48. The van der Waals surface area contributed by atoms with Gasteiger partial charge >= 0.3 is 5.97 Å². The highest BCUT2D eigenvalue weighted by Crippen LogP contribution is 2.28. The minimum atomic E-state index is -0.760. The van der Waals surface area contributed by atoms with Crippen LogP contribution in [0.3, 0.4) is 0 Å². The van der Waals surface area contributed by atoms with Crippen molar-refractivity contribution < 1.29 is 14.4 Å². The third-order valence-corrected chi connectivity index (χ3v) is 5.71. The fourth-order valence-corrected chi connectivity index (χ4v) is 4.03.